The van der Waals surface area contributed by atoms with Crippen LogP contribution in [0.4, 0.5) is 4.39 Å². The molecule has 2 rings (SSSR count). The molecule has 0 bridgehead atoms. The van der Waals surface area contributed by atoms with Crippen molar-refractivity contribution in [3.63, 3.8) is 0 Å². The number of carbonyl (C=O) groups is 1. The summed E-state index contributed by atoms with van der Waals surface area (Å²) in [5.41, 5.74) is 0.172. The second-order valence-corrected chi connectivity index (χ2v) is 3.58. The maximum absolute atomic E-state index is 12.9. The normalized spacial score (nSPS) is 9.89. The first kappa shape index (κ1) is 12.1. The summed E-state index contributed by atoms with van der Waals surface area (Å²) >= 11 is 0. The highest BCUT2D eigenvalue weighted by atomic mass is 19.1. The van der Waals surface area contributed by atoms with E-state index in [2.05, 4.69) is 0 Å². The second kappa shape index (κ2) is 5.31. The van der Waals surface area contributed by atoms with Crippen LogP contribution in [-0.2, 0) is 0 Å². The van der Waals surface area contributed by atoms with Gasteiger partial charge in [0.2, 0.25) is 0 Å². The topological polar surface area (TPSA) is 35.5 Å². The molecule has 0 atom stereocenters. The molecule has 3 nitrogen and oxygen atoms in total. The lowest BCUT2D eigenvalue weighted by Gasteiger charge is -2.08. The van der Waals surface area contributed by atoms with Gasteiger partial charge in [0.05, 0.1) is 12.7 Å². The van der Waals surface area contributed by atoms with Crippen molar-refractivity contribution in [2.24, 2.45) is 0 Å². The van der Waals surface area contributed by atoms with Crippen LogP contribution in [0.5, 0.6) is 17.2 Å². The summed E-state index contributed by atoms with van der Waals surface area (Å²) in [6.07, 6.45) is 0.557. The molecule has 0 heterocycles. The van der Waals surface area contributed by atoms with Crippen molar-refractivity contribution in [3.05, 3.63) is 53.8 Å². The molecule has 0 fully saturated rings. The van der Waals surface area contributed by atoms with Crippen molar-refractivity contribution >= 4 is 6.29 Å². The average molecular weight is 246 g/mol. The van der Waals surface area contributed by atoms with E-state index in [1.165, 1.54) is 12.1 Å². The molecule has 0 aromatic heterocycles. The van der Waals surface area contributed by atoms with E-state index in [9.17, 15) is 9.18 Å². The lowest BCUT2D eigenvalue weighted by atomic mass is 10.2. The third kappa shape index (κ3) is 2.66. The highest BCUT2D eigenvalue weighted by molar-refractivity contribution is 5.79. The quantitative estimate of drug-likeness (QED) is 0.775. The van der Waals surface area contributed by atoms with E-state index in [1.807, 2.05) is 0 Å². The Morgan fingerprint density at radius 1 is 1.06 bits per heavy atom. The maximum Gasteiger partial charge on any atom is 0.153 e. The Hall–Kier alpha value is -2.36. The lowest BCUT2D eigenvalue weighted by Crippen LogP contribution is -1.91. The number of carbonyl (C=O) groups excluding carboxylic acids is 1. The van der Waals surface area contributed by atoms with Crippen LogP contribution in [0.2, 0.25) is 0 Å². The monoisotopic (exact) mass is 246 g/mol. The van der Waals surface area contributed by atoms with Crippen LogP contribution in [0.1, 0.15) is 10.4 Å². The van der Waals surface area contributed by atoms with Crippen LogP contribution in [0, 0.1) is 5.82 Å². The molecule has 0 saturated carbocycles. The minimum atomic E-state index is -0.473. The van der Waals surface area contributed by atoms with Crippen LogP contribution in [0.3, 0.4) is 0 Å². The lowest BCUT2D eigenvalue weighted by molar-refractivity contribution is 0.112. The fourth-order valence-electron chi connectivity index (χ4n) is 1.48. The molecule has 0 unspecified atom stereocenters. The third-order valence-corrected chi connectivity index (χ3v) is 2.39. The molecule has 92 valence electrons. The van der Waals surface area contributed by atoms with Crippen molar-refractivity contribution in [2.75, 3.05) is 7.11 Å². The molecular formula is C14H11FO3. The van der Waals surface area contributed by atoms with E-state index in [1.54, 1.807) is 31.4 Å². The van der Waals surface area contributed by atoms with Gasteiger partial charge in [-0.15, -0.1) is 0 Å². The summed E-state index contributed by atoms with van der Waals surface area (Å²) in [5, 5.41) is 0. The minimum Gasteiger partial charge on any atom is -0.497 e. The Bertz CT molecular complexity index is 549. The van der Waals surface area contributed by atoms with Crippen LogP contribution < -0.4 is 9.47 Å². The first-order valence-electron chi connectivity index (χ1n) is 5.29. The Labute approximate surface area is 104 Å². The number of hydrogen-bond donors (Lipinski definition) is 0. The van der Waals surface area contributed by atoms with Crippen LogP contribution in [0.15, 0.2) is 42.5 Å². The summed E-state index contributed by atoms with van der Waals surface area (Å²) in [7, 11) is 1.57. The molecule has 0 aliphatic heterocycles. The highest BCUT2D eigenvalue weighted by Crippen LogP contribution is 2.26. The third-order valence-electron chi connectivity index (χ3n) is 2.39. The van der Waals surface area contributed by atoms with Crippen LogP contribution >= 0.6 is 0 Å². The Kier molecular flexibility index (Phi) is 3.57. The first-order valence-corrected chi connectivity index (χ1v) is 5.29. The molecule has 0 saturated heterocycles. The maximum atomic E-state index is 12.9. The summed E-state index contributed by atoms with van der Waals surface area (Å²) in [6.45, 7) is 0. The van der Waals surface area contributed by atoms with E-state index >= 15 is 0 Å². The minimum absolute atomic E-state index is 0.172. The van der Waals surface area contributed by atoms with Gasteiger partial charge in [-0.25, -0.2) is 4.39 Å². The molecule has 2 aromatic rings. The van der Waals surface area contributed by atoms with E-state index in [0.29, 0.717) is 23.5 Å². The number of methoxy groups -OCH3 is 1. The number of hydrogen-bond acceptors (Lipinski definition) is 3. The van der Waals surface area contributed by atoms with Gasteiger partial charge < -0.3 is 9.47 Å². The molecule has 0 amide bonds. The largest absolute Gasteiger partial charge is 0.497 e. The molecule has 2 aromatic carbocycles. The molecule has 0 spiro atoms. The standard InChI is InChI=1S/C14H11FO3/c1-17-12-3-5-13(6-4-12)18-14-7-2-11(15)8-10(14)9-16/h2-9H,1H3. The number of halogens is 1. The van der Waals surface area contributed by atoms with Crippen LogP contribution in [0.25, 0.3) is 0 Å². The zero-order chi connectivity index (χ0) is 13.0. The molecule has 4 heteroatoms. The van der Waals surface area contributed by atoms with E-state index in [4.69, 9.17) is 9.47 Å². The molecule has 0 aliphatic carbocycles. The molecule has 0 N–H and O–H groups in total. The van der Waals surface area contributed by atoms with Gasteiger partial charge >= 0.3 is 0 Å². The summed E-state index contributed by atoms with van der Waals surface area (Å²) in [5.74, 6) is 1.10. The number of ether oxygens (including phenoxy) is 2. The second-order valence-electron chi connectivity index (χ2n) is 3.58. The molecule has 0 aliphatic rings. The Morgan fingerprint density at radius 2 is 1.72 bits per heavy atom. The Morgan fingerprint density at radius 3 is 2.33 bits per heavy atom. The zero-order valence-corrected chi connectivity index (χ0v) is 9.72. The average Bonchev–Trinajstić information content (AvgIpc) is 2.41. The molecule has 18 heavy (non-hydrogen) atoms. The van der Waals surface area contributed by atoms with Crippen molar-refractivity contribution in [1.29, 1.82) is 0 Å². The molecule has 0 radical (unpaired) electrons. The van der Waals surface area contributed by atoms with Crippen molar-refractivity contribution in [2.45, 2.75) is 0 Å². The highest BCUT2D eigenvalue weighted by Gasteiger charge is 2.06. The number of aldehydes is 1. The fraction of sp³-hybridized carbons (Fsp3) is 0.0714. The smallest absolute Gasteiger partial charge is 0.153 e. The van der Waals surface area contributed by atoms with Crippen molar-refractivity contribution in [3.8, 4) is 17.2 Å². The Balaban J connectivity index is 2.24. The van der Waals surface area contributed by atoms with Gasteiger partial charge in [-0.1, -0.05) is 0 Å². The van der Waals surface area contributed by atoms with Gasteiger partial charge in [0.1, 0.15) is 23.1 Å². The van der Waals surface area contributed by atoms with Gasteiger partial charge in [0.15, 0.2) is 6.29 Å². The van der Waals surface area contributed by atoms with Crippen molar-refractivity contribution in [1.82, 2.24) is 0 Å². The van der Waals surface area contributed by atoms with Crippen molar-refractivity contribution < 1.29 is 18.7 Å². The van der Waals surface area contributed by atoms with Gasteiger partial charge in [0.25, 0.3) is 0 Å². The first-order chi connectivity index (χ1) is 8.72. The van der Waals surface area contributed by atoms with Gasteiger partial charge in [-0.2, -0.15) is 0 Å². The predicted octanol–water partition coefficient (Wildman–Crippen LogP) is 3.44. The summed E-state index contributed by atoms with van der Waals surface area (Å²) < 4.78 is 23.5. The number of rotatable bonds is 4. The van der Waals surface area contributed by atoms with E-state index < -0.39 is 5.82 Å². The van der Waals surface area contributed by atoms with E-state index in [0.717, 1.165) is 6.07 Å². The number of benzene rings is 2. The predicted molar refractivity (Wildman–Crippen MR) is 64.9 cm³/mol. The summed E-state index contributed by atoms with van der Waals surface area (Å²) in [6, 6.07) is 10.7. The van der Waals surface area contributed by atoms with Crippen LogP contribution in [-0.4, -0.2) is 13.4 Å². The van der Waals surface area contributed by atoms with E-state index in [-0.39, 0.29) is 5.56 Å². The molecular weight excluding hydrogens is 235 g/mol. The fourth-order valence-corrected chi connectivity index (χ4v) is 1.48. The summed E-state index contributed by atoms with van der Waals surface area (Å²) in [4.78, 5) is 10.8. The van der Waals surface area contributed by atoms with Gasteiger partial charge in [-0.05, 0) is 42.5 Å². The van der Waals surface area contributed by atoms with Gasteiger partial charge in [-0.3, -0.25) is 4.79 Å². The SMILES string of the molecule is COc1ccc(Oc2ccc(F)cc2C=O)cc1. The zero-order valence-electron chi connectivity index (χ0n) is 9.72. The van der Waals surface area contributed by atoms with Gasteiger partial charge in [0, 0.05) is 0 Å².